The monoisotopic (exact) mass is 404 g/mol. The largest absolute Gasteiger partial charge is 0.497 e. The summed E-state index contributed by atoms with van der Waals surface area (Å²) < 4.78 is 7.74. The molecule has 1 N–H and O–H groups in total. The molecule has 0 aliphatic carbocycles. The van der Waals surface area contributed by atoms with E-state index in [4.69, 9.17) is 9.72 Å². The standard InChI is InChI=1S/C25H32N4O/c1-6-29(7-2)14-8-13-26-25-23-22-20-11-10-19(30-5)15-18(20)9-12-21(22)28(4)24(23)17(3)16-27-25/h9-12,15-16H,6-8,13-14H2,1-5H3,(H,26,27). The van der Waals surface area contributed by atoms with E-state index in [0.29, 0.717) is 0 Å². The number of methoxy groups -OCH3 is 1. The summed E-state index contributed by atoms with van der Waals surface area (Å²) in [6.45, 7) is 10.8. The Labute approximate surface area is 178 Å². The van der Waals surface area contributed by atoms with Gasteiger partial charge in [-0.25, -0.2) is 4.98 Å². The van der Waals surface area contributed by atoms with Crippen LogP contribution in [0.25, 0.3) is 32.6 Å². The molecule has 4 rings (SSSR count). The molecule has 0 spiro atoms. The van der Waals surface area contributed by atoms with Crippen LogP contribution in [0.3, 0.4) is 0 Å². The Morgan fingerprint density at radius 2 is 1.90 bits per heavy atom. The van der Waals surface area contributed by atoms with Crippen molar-refractivity contribution in [1.82, 2.24) is 14.5 Å². The first-order valence-electron chi connectivity index (χ1n) is 10.9. The van der Waals surface area contributed by atoms with Crippen molar-refractivity contribution in [3.05, 3.63) is 42.1 Å². The van der Waals surface area contributed by atoms with E-state index in [0.717, 1.165) is 44.2 Å². The van der Waals surface area contributed by atoms with Gasteiger partial charge in [0.1, 0.15) is 11.6 Å². The first-order chi connectivity index (χ1) is 14.6. The van der Waals surface area contributed by atoms with Gasteiger partial charge < -0.3 is 19.5 Å². The second-order valence-electron chi connectivity index (χ2n) is 7.93. The van der Waals surface area contributed by atoms with E-state index in [2.05, 4.69) is 66.9 Å². The maximum atomic E-state index is 5.44. The lowest BCUT2D eigenvalue weighted by Crippen LogP contribution is -2.25. The van der Waals surface area contributed by atoms with Gasteiger partial charge in [-0.3, -0.25) is 0 Å². The summed E-state index contributed by atoms with van der Waals surface area (Å²) in [7, 11) is 3.86. The molecule has 0 amide bonds. The SMILES string of the molecule is CCN(CC)CCCNc1ncc(C)c2c1c1c3ccc(OC)cc3ccc1n2C. The highest BCUT2D eigenvalue weighted by Gasteiger charge is 2.17. The van der Waals surface area contributed by atoms with Gasteiger partial charge in [-0.15, -0.1) is 0 Å². The number of aromatic nitrogens is 2. The predicted octanol–water partition coefficient (Wildman–Crippen LogP) is 5.34. The highest BCUT2D eigenvalue weighted by atomic mass is 16.5. The lowest BCUT2D eigenvalue weighted by molar-refractivity contribution is 0.303. The fourth-order valence-corrected chi connectivity index (χ4v) is 4.53. The molecular formula is C25H32N4O. The third kappa shape index (κ3) is 3.47. The molecule has 0 saturated carbocycles. The molecule has 0 unspecified atom stereocenters. The van der Waals surface area contributed by atoms with E-state index < -0.39 is 0 Å². The number of ether oxygens (including phenoxy) is 1. The molecule has 30 heavy (non-hydrogen) atoms. The molecule has 2 aromatic heterocycles. The number of nitrogens with one attached hydrogen (secondary N) is 1. The van der Waals surface area contributed by atoms with Gasteiger partial charge in [-0.1, -0.05) is 19.9 Å². The number of fused-ring (bicyclic) bond motifs is 5. The van der Waals surface area contributed by atoms with Crippen LogP contribution in [-0.2, 0) is 7.05 Å². The summed E-state index contributed by atoms with van der Waals surface area (Å²) in [5.74, 6) is 1.86. The summed E-state index contributed by atoms with van der Waals surface area (Å²) in [6, 6.07) is 10.7. The van der Waals surface area contributed by atoms with Crippen molar-refractivity contribution in [3.63, 3.8) is 0 Å². The van der Waals surface area contributed by atoms with E-state index in [1.54, 1.807) is 7.11 Å². The van der Waals surface area contributed by atoms with Gasteiger partial charge in [0.05, 0.1) is 18.0 Å². The van der Waals surface area contributed by atoms with Gasteiger partial charge in [-0.2, -0.15) is 0 Å². The average molecular weight is 405 g/mol. The van der Waals surface area contributed by atoms with Gasteiger partial charge in [-0.05, 0) is 73.6 Å². The van der Waals surface area contributed by atoms with E-state index in [1.165, 1.54) is 38.1 Å². The quantitative estimate of drug-likeness (QED) is 0.403. The van der Waals surface area contributed by atoms with Crippen LogP contribution in [0, 0.1) is 6.92 Å². The highest BCUT2D eigenvalue weighted by Crippen LogP contribution is 2.39. The van der Waals surface area contributed by atoms with Crippen molar-refractivity contribution >= 4 is 38.4 Å². The number of rotatable bonds is 8. The number of aryl methyl sites for hydroxylation is 2. The zero-order chi connectivity index (χ0) is 21.3. The summed E-state index contributed by atoms with van der Waals surface area (Å²) in [5, 5.41) is 8.53. The third-order valence-electron chi connectivity index (χ3n) is 6.22. The fourth-order valence-electron chi connectivity index (χ4n) is 4.53. The summed E-state index contributed by atoms with van der Waals surface area (Å²) >= 11 is 0. The summed E-state index contributed by atoms with van der Waals surface area (Å²) in [4.78, 5) is 7.26. The molecule has 5 heteroatoms. The predicted molar refractivity (Wildman–Crippen MR) is 128 cm³/mol. The lowest BCUT2D eigenvalue weighted by Gasteiger charge is -2.18. The van der Waals surface area contributed by atoms with Crippen LogP contribution < -0.4 is 10.1 Å². The molecule has 4 aromatic rings. The van der Waals surface area contributed by atoms with Gasteiger partial charge in [0, 0.05) is 30.7 Å². The van der Waals surface area contributed by atoms with E-state index in [1.807, 2.05) is 12.3 Å². The lowest BCUT2D eigenvalue weighted by atomic mass is 10.0. The fraction of sp³-hybridized carbons (Fsp3) is 0.400. The van der Waals surface area contributed by atoms with Gasteiger partial charge in [0.2, 0.25) is 0 Å². The van der Waals surface area contributed by atoms with Crippen molar-refractivity contribution in [3.8, 4) is 5.75 Å². The first-order valence-corrected chi connectivity index (χ1v) is 10.9. The Kier molecular flexibility index (Phi) is 5.82. The number of nitrogens with zero attached hydrogens (tertiary/aromatic N) is 3. The van der Waals surface area contributed by atoms with Gasteiger partial charge >= 0.3 is 0 Å². The van der Waals surface area contributed by atoms with Crippen LogP contribution in [0.1, 0.15) is 25.8 Å². The van der Waals surface area contributed by atoms with Crippen molar-refractivity contribution < 1.29 is 4.74 Å². The topological polar surface area (TPSA) is 42.3 Å². The number of anilines is 1. The molecule has 0 aliphatic heterocycles. The molecule has 0 radical (unpaired) electrons. The summed E-state index contributed by atoms with van der Waals surface area (Å²) in [5.41, 5.74) is 3.67. The van der Waals surface area contributed by atoms with E-state index >= 15 is 0 Å². The first kappa shape index (κ1) is 20.5. The zero-order valence-corrected chi connectivity index (χ0v) is 18.7. The smallest absolute Gasteiger partial charge is 0.136 e. The minimum Gasteiger partial charge on any atom is -0.497 e. The third-order valence-corrected chi connectivity index (χ3v) is 6.22. The molecule has 5 nitrogen and oxygen atoms in total. The van der Waals surface area contributed by atoms with Crippen molar-refractivity contribution in [2.24, 2.45) is 7.05 Å². The Hall–Kier alpha value is -2.79. The Morgan fingerprint density at radius 3 is 2.63 bits per heavy atom. The molecule has 0 saturated heterocycles. The van der Waals surface area contributed by atoms with E-state index in [-0.39, 0.29) is 0 Å². The molecule has 0 aliphatic rings. The molecule has 0 bridgehead atoms. The van der Waals surface area contributed by atoms with Gasteiger partial charge in [0.25, 0.3) is 0 Å². The summed E-state index contributed by atoms with van der Waals surface area (Å²) in [6.07, 6.45) is 3.08. The van der Waals surface area contributed by atoms with Crippen molar-refractivity contribution in [2.75, 3.05) is 38.6 Å². The Morgan fingerprint density at radius 1 is 1.10 bits per heavy atom. The van der Waals surface area contributed by atoms with Crippen LogP contribution in [-0.4, -0.2) is 47.7 Å². The average Bonchev–Trinajstić information content (AvgIpc) is 3.08. The normalized spacial score (nSPS) is 11.8. The molecule has 2 aromatic carbocycles. The van der Waals surface area contributed by atoms with Crippen LogP contribution in [0.4, 0.5) is 5.82 Å². The highest BCUT2D eigenvalue weighted by molar-refractivity contribution is 6.24. The Bertz CT molecular complexity index is 1190. The minimum atomic E-state index is 0.881. The van der Waals surface area contributed by atoms with Crippen molar-refractivity contribution in [2.45, 2.75) is 27.2 Å². The molecular weight excluding hydrogens is 372 g/mol. The molecule has 158 valence electrons. The molecule has 2 heterocycles. The minimum absolute atomic E-state index is 0.881. The molecule has 0 atom stereocenters. The van der Waals surface area contributed by atoms with Crippen LogP contribution in [0.5, 0.6) is 5.75 Å². The second kappa shape index (κ2) is 8.52. The van der Waals surface area contributed by atoms with Crippen LogP contribution >= 0.6 is 0 Å². The van der Waals surface area contributed by atoms with Gasteiger partial charge in [0.15, 0.2) is 0 Å². The number of hydrogen-bond donors (Lipinski definition) is 1. The number of benzene rings is 2. The maximum Gasteiger partial charge on any atom is 0.136 e. The zero-order valence-electron chi connectivity index (χ0n) is 18.7. The number of hydrogen-bond acceptors (Lipinski definition) is 4. The van der Waals surface area contributed by atoms with Crippen LogP contribution in [0.15, 0.2) is 36.5 Å². The van der Waals surface area contributed by atoms with E-state index in [9.17, 15) is 0 Å². The maximum absolute atomic E-state index is 5.44. The molecule has 0 fully saturated rings. The van der Waals surface area contributed by atoms with Crippen molar-refractivity contribution in [1.29, 1.82) is 0 Å². The number of pyridine rings is 1. The Balaban J connectivity index is 1.82. The van der Waals surface area contributed by atoms with Crippen LogP contribution in [0.2, 0.25) is 0 Å². The second-order valence-corrected chi connectivity index (χ2v) is 7.93.